The molecule has 1 aliphatic heterocycles. The molecule has 5 nitrogen and oxygen atoms in total. The van der Waals surface area contributed by atoms with Gasteiger partial charge < -0.3 is 5.11 Å². The van der Waals surface area contributed by atoms with Crippen molar-refractivity contribution in [2.75, 3.05) is 0 Å². The number of aliphatic carboxylic acids is 1. The van der Waals surface area contributed by atoms with Gasteiger partial charge in [-0.15, -0.1) is 0 Å². The van der Waals surface area contributed by atoms with E-state index in [0.29, 0.717) is 11.1 Å². The molecule has 0 fully saturated rings. The standard InChI is InChI=1S/C8H5NO2.C4H6O2/c10-7-5-3-1-2-4-6(5)8(11)9-7;1-2-3-4(5)6/h1-4H,(H,9,10,11);2-3H,1H3,(H,5,6). The van der Waals surface area contributed by atoms with Crippen LogP contribution < -0.4 is 5.32 Å². The predicted molar refractivity (Wildman–Crippen MR) is 60.7 cm³/mol. The Labute approximate surface area is 97.8 Å². The second-order valence-electron chi connectivity index (χ2n) is 3.17. The number of carbonyl (C=O) groups excluding carboxylic acids is 2. The molecule has 0 bridgehead atoms. The molecule has 2 N–H and O–H groups in total. The van der Waals surface area contributed by atoms with Crippen LogP contribution in [0, 0.1) is 0 Å². The molecule has 0 unspecified atom stereocenters. The van der Waals surface area contributed by atoms with Crippen molar-refractivity contribution in [2.24, 2.45) is 0 Å². The van der Waals surface area contributed by atoms with Gasteiger partial charge in [0.1, 0.15) is 0 Å². The van der Waals surface area contributed by atoms with Gasteiger partial charge in [-0.3, -0.25) is 14.9 Å². The predicted octanol–water partition coefficient (Wildman–Crippen LogP) is 1.22. The van der Waals surface area contributed by atoms with Crippen LogP contribution in [0.4, 0.5) is 0 Å². The lowest BCUT2D eigenvalue weighted by atomic mass is 10.1. The van der Waals surface area contributed by atoms with Gasteiger partial charge in [0.15, 0.2) is 0 Å². The molecule has 5 heteroatoms. The lowest BCUT2D eigenvalue weighted by Gasteiger charge is -1.88. The number of amides is 2. The molecule has 2 rings (SSSR count). The summed E-state index contributed by atoms with van der Waals surface area (Å²) in [7, 11) is 0. The van der Waals surface area contributed by atoms with E-state index in [0.717, 1.165) is 6.08 Å². The maximum atomic E-state index is 10.9. The minimum atomic E-state index is -0.891. The van der Waals surface area contributed by atoms with Gasteiger partial charge in [-0.05, 0) is 19.1 Å². The number of imide groups is 1. The highest BCUT2D eigenvalue weighted by Gasteiger charge is 2.25. The average molecular weight is 233 g/mol. The fraction of sp³-hybridized carbons (Fsp3) is 0.0833. The first-order valence-electron chi connectivity index (χ1n) is 4.86. The van der Waals surface area contributed by atoms with Crippen molar-refractivity contribution in [3.63, 3.8) is 0 Å². The number of benzene rings is 1. The summed E-state index contributed by atoms with van der Waals surface area (Å²) in [4.78, 5) is 31.4. The van der Waals surface area contributed by atoms with Crippen molar-refractivity contribution < 1.29 is 19.5 Å². The maximum absolute atomic E-state index is 10.9. The van der Waals surface area contributed by atoms with Crippen molar-refractivity contribution in [1.29, 1.82) is 0 Å². The highest BCUT2D eigenvalue weighted by atomic mass is 16.4. The molecule has 88 valence electrons. The van der Waals surface area contributed by atoms with E-state index in [2.05, 4.69) is 5.32 Å². The fourth-order valence-corrected chi connectivity index (χ4v) is 1.26. The Bertz CT molecular complexity index is 458. The molecular weight excluding hydrogens is 222 g/mol. The van der Waals surface area contributed by atoms with Crippen LogP contribution in [-0.2, 0) is 4.79 Å². The van der Waals surface area contributed by atoms with Gasteiger partial charge in [0.2, 0.25) is 0 Å². The number of rotatable bonds is 1. The highest BCUT2D eigenvalue weighted by Crippen LogP contribution is 2.13. The van der Waals surface area contributed by atoms with Gasteiger partial charge in [0, 0.05) is 6.08 Å². The smallest absolute Gasteiger partial charge is 0.327 e. The molecule has 0 aromatic heterocycles. The lowest BCUT2D eigenvalue weighted by molar-refractivity contribution is -0.131. The Morgan fingerprint density at radius 3 is 1.94 bits per heavy atom. The molecule has 17 heavy (non-hydrogen) atoms. The number of allylic oxidation sites excluding steroid dienone is 1. The van der Waals surface area contributed by atoms with E-state index in [1.165, 1.54) is 6.08 Å². The third-order valence-corrected chi connectivity index (χ3v) is 1.95. The SMILES string of the molecule is CC=CC(=O)O.O=C1NC(=O)c2ccccc21. The van der Waals surface area contributed by atoms with Crippen molar-refractivity contribution in [1.82, 2.24) is 5.32 Å². The number of fused-ring (bicyclic) bond motifs is 1. The summed E-state index contributed by atoms with van der Waals surface area (Å²) in [5.74, 6) is -1.49. The van der Waals surface area contributed by atoms with E-state index in [-0.39, 0.29) is 11.8 Å². The maximum Gasteiger partial charge on any atom is 0.327 e. The summed E-state index contributed by atoms with van der Waals surface area (Å²) >= 11 is 0. The van der Waals surface area contributed by atoms with Crippen molar-refractivity contribution >= 4 is 17.8 Å². The van der Waals surface area contributed by atoms with E-state index in [9.17, 15) is 14.4 Å². The number of hydrogen-bond acceptors (Lipinski definition) is 3. The van der Waals surface area contributed by atoms with Crippen LogP contribution in [0.2, 0.25) is 0 Å². The number of hydrogen-bond donors (Lipinski definition) is 2. The quantitative estimate of drug-likeness (QED) is 0.564. The summed E-state index contributed by atoms with van der Waals surface area (Å²) in [5, 5.41) is 10.0. The van der Waals surface area contributed by atoms with Crippen LogP contribution in [0.5, 0.6) is 0 Å². The van der Waals surface area contributed by atoms with Crippen LogP contribution >= 0.6 is 0 Å². The molecule has 0 spiro atoms. The van der Waals surface area contributed by atoms with Gasteiger partial charge in [-0.1, -0.05) is 18.2 Å². The molecule has 2 amide bonds. The molecule has 1 aromatic carbocycles. The fourth-order valence-electron chi connectivity index (χ4n) is 1.26. The van der Waals surface area contributed by atoms with Crippen LogP contribution in [0.15, 0.2) is 36.4 Å². The first-order chi connectivity index (χ1) is 8.06. The normalized spacial score (nSPS) is 12.8. The van der Waals surface area contributed by atoms with E-state index in [4.69, 9.17) is 5.11 Å². The van der Waals surface area contributed by atoms with E-state index in [1.807, 2.05) is 0 Å². The minimum absolute atomic E-state index is 0.300. The van der Waals surface area contributed by atoms with Crippen LogP contribution in [0.3, 0.4) is 0 Å². The van der Waals surface area contributed by atoms with Gasteiger partial charge >= 0.3 is 5.97 Å². The third kappa shape index (κ3) is 3.27. The molecule has 1 heterocycles. The zero-order valence-corrected chi connectivity index (χ0v) is 9.14. The molecule has 0 saturated carbocycles. The van der Waals surface area contributed by atoms with Crippen LogP contribution in [-0.4, -0.2) is 22.9 Å². The first-order valence-corrected chi connectivity index (χ1v) is 4.86. The molecule has 0 aliphatic carbocycles. The Balaban J connectivity index is 0.000000209. The molecule has 1 aromatic rings. The van der Waals surface area contributed by atoms with Crippen molar-refractivity contribution in [3.8, 4) is 0 Å². The topological polar surface area (TPSA) is 83.5 Å². The molecule has 0 saturated heterocycles. The summed E-state index contributed by atoms with van der Waals surface area (Å²) < 4.78 is 0. The lowest BCUT2D eigenvalue weighted by Crippen LogP contribution is -2.19. The zero-order chi connectivity index (χ0) is 12.8. The van der Waals surface area contributed by atoms with Gasteiger partial charge in [0.25, 0.3) is 11.8 Å². The van der Waals surface area contributed by atoms with Crippen molar-refractivity contribution in [3.05, 3.63) is 47.5 Å². The first kappa shape index (κ1) is 12.6. The number of carbonyl (C=O) groups is 3. The van der Waals surface area contributed by atoms with Crippen molar-refractivity contribution in [2.45, 2.75) is 6.92 Å². The number of nitrogens with one attached hydrogen (secondary N) is 1. The largest absolute Gasteiger partial charge is 0.478 e. The Morgan fingerprint density at radius 2 is 1.65 bits per heavy atom. The van der Waals surface area contributed by atoms with E-state index in [1.54, 1.807) is 31.2 Å². The number of carboxylic acid groups (broad SMARTS) is 1. The molecule has 0 radical (unpaired) electrons. The summed E-state index contributed by atoms with van der Waals surface area (Å²) in [6.45, 7) is 1.66. The summed E-state index contributed by atoms with van der Waals surface area (Å²) in [6.07, 6.45) is 2.56. The van der Waals surface area contributed by atoms with E-state index >= 15 is 0 Å². The third-order valence-electron chi connectivity index (χ3n) is 1.95. The molecule has 0 atom stereocenters. The van der Waals surface area contributed by atoms with Crippen LogP contribution in [0.25, 0.3) is 0 Å². The molecule has 1 aliphatic rings. The molecular formula is C12H11NO4. The summed E-state index contributed by atoms with van der Waals surface area (Å²) in [5.41, 5.74) is 0.940. The van der Waals surface area contributed by atoms with E-state index < -0.39 is 5.97 Å². The Kier molecular flexibility index (Phi) is 4.16. The minimum Gasteiger partial charge on any atom is -0.478 e. The Morgan fingerprint density at radius 1 is 1.18 bits per heavy atom. The Hall–Kier alpha value is -2.43. The van der Waals surface area contributed by atoms with Gasteiger partial charge in [-0.25, -0.2) is 4.79 Å². The monoisotopic (exact) mass is 233 g/mol. The zero-order valence-electron chi connectivity index (χ0n) is 9.14. The highest BCUT2D eigenvalue weighted by molar-refractivity contribution is 6.21. The second-order valence-corrected chi connectivity index (χ2v) is 3.17. The average Bonchev–Trinajstić information content (AvgIpc) is 2.56. The summed E-state index contributed by atoms with van der Waals surface area (Å²) in [6, 6.07) is 6.74. The van der Waals surface area contributed by atoms with Gasteiger partial charge in [0.05, 0.1) is 11.1 Å². The number of carboxylic acids is 1. The second kappa shape index (κ2) is 5.60. The van der Waals surface area contributed by atoms with Crippen LogP contribution in [0.1, 0.15) is 27.6 Å². The van der Waals surface area contributed by atoms with Gasteiger partial charge in [-0.2, -0.15) is 0 Å².